The minimum absolute atomic E-state index is 0.207. The minimum Gasteiger partial charge on any atom is -0.322 e. The van der Waals surface area contributed by atoms with Crippen molar-refractivity contribution < 1.29 is 4.79 Å². The number of aromatic nitrogens is 2. The molecular weight excluding hydrogens is 190 g/mol. The van der Waals surface area contributed by atoms with E-state index in [9.17, 15) is 4.79 Å². The van der Waals surface area contributed by atoms with Crippen LogP contribution in [0.25, 0.3) is 0 Å². The van der Waals surface area contributed by atoms with Gasteiger partial charge in [-0.05, 0) is 12.1 Å². The van der Waals surface area contributed by atoms with Gasteiger partial charge in [-0.15, -0.1) is 0 Å². The summed E-state index contributed by atoms with van der Waals surface area (Å²) < 4.78 is 0. The van der Waals surface area contributed by atoms with E-state index < -0.39 is 0 Å². The van der Waals surface area contributed by atoms with Crippen LogP contribution in [0, 0.1) is 0 Å². The van der Waals surface area contributed by atoms with E-state index in [-0.39, 0.29) is 5.91 Å². The summed E-state index contributed by atoms with van der Waals surface area (Å²) in [5.41, 5.74) is 1.20. The highest BCUT2D eigenvalue weighted by Crippen LogP contribution is 2.06. The number of carbonyl (C=O) groups excluding carboxylic acids is 1. The summed E-state index contributed by atoms with van der Waals surface area (Å²) in [7, 11) is 0. The molecule has 0 aliphatic rings. The van der Waals surface area contributed by atoms with Crippen molar-refractivity contribution in [2.75, 3.05) is 5.32 Å². The van der Waals surface area contributed by atoms with Gasteiger partial charge in [0.05, 0.1) is 5.56 Å². The van der Waals surface area contributed by atoms with Crippen molar-refractivity contribution in [2.45, 2.75) is 0 Å². The van der Waals surface area contributed by atoms with Gasteiger partial charge < -0.3 is 5.32 Å². The molecular formula is C11H9N3O. The summed E-state index contributed by atoms with van der Waals surface area (Å²) in [5, 5.41) is 2.74. The summed E-state index contributed by atoms with van der Waals surface area (Å²) in [6.45, 7) is 0. The van der Waals surface area contributed by atoms with E-state index in [0.29, 0.717) is 5.56 Å². The molecule has 4 heteroatoms. The first-order valence-corrected chi connectivity index (χ1v) is 4.47. The zero-order valence-electron chi connectivity index (χ0n) is 7.92. The number of nitrogens with zero attached hydrogens (tertiary/aromatic N) is 2. The second kappa shape index (κ2) is 4.32. The van der Waals surface area contributed by atoms with Gasteiger partial charge in [0.1, 0.15) is 6.33 Å². The van der Waals surface area contributed by atoms with Crippen molar-refractivity contribution >= 4 is 11.6 Å². The van der Waals surface area contributed by atoms with Crippen LogP contribution in [0.4, 0.5) is 5.69 Å². The lowest BCUT2D eigenvalue weighted by Gasteiger charge is -2.03. The molecule has 0 radical (unpaired) electrons. The quantitative estimate of drug-likeness (QED) is 0.801. The average molecular weight is 199 g/mol. The summed E-state index contributed by atoms with van der Waals surface area (Å²) >= 11 is 0. The van der Waals surface area contributed by atoms with Crippen LogP contribution in [0.2, 0.25) is 0 Å². The van der Waals surface area contributed by atoms with Gasteiger partial charge in [0, 0.05) is 18.1 Å². The van der Waals surface area contributed by atoms with Crippen LogP contribution in [0.3, 0.4) is 0 Å². The number of benzene rings is 1. The van der Waals surface area contributed by atoms with Crippen molar-refractivity contribution in [2.24, 2.45) is 0 Å². The third-order valence-electron chi connectivity index (χ3n) is 1.85. The number of hydrogen-bond acceptors (Lipinski definition) is 3. The molecule has 1 heterocycles. The molecule has 2 rings (SSSR count). The van der Waals surface area contributed by atoms with Gasteiger partial charge in [-0.3, -0.25) is 4.79 Å². The van der Waals surface area contributed by atoms with Crippen molar-refractivity contribution in [3.63, 3.8) is 0 Å². The van der Waals surface area contributed by atoms with Crippen LogP contribution in [0.5, 0.6) is 0 Å². The van der Waals surface area contributed by atoms with E-state index in [1.165, 1.54) is 18.7 Å². The Bertz CT molecular complexity index is 442. The standard InChI is InChI=1S/C11H9N3O/c15-11(9-6-12-8-13-7-9)14-10-4-2-1-3-5-10/h1-8H,(H,14,15). The van der Waals surface area contributed by atoms with Gasteiger partial charge in [-0.2, -0.15) is 0 Å². The third-order valence-corrected chi connectivity index (χ3v) is 1.85. The molecule has 0 saturated carbocycles. The van der Waals surface area contributed by atoms with Crippen LogP contribution in [0.15, 0.2) is 49.1 Å². The van der Waals surface area contributed by atoms with Gasteiger partial charge in [0.15, 0.2) is 0 Å². The van der Waals surface area contributed by atoms with Crippen LogP contribution in [-0.4, -0.2) is 15.9 Å². The lowest BCUT2D eigenvalue weighted by atomic mass is 10.3. The fraction of sp³-hybridized carbons (Fsp3) is 0. The molecule has 0 aliphatic carbocycles. The van der Waals surface area contributed by atoms with Gasteiger partial charge in [-0.1, -0.05) is 18.2 Å². The monoisotopic (exact) mass is 199 g/mol. The van der Waals surface area contributed by atoms with E-state index in [4.69, 9.17) is 0 Å². The van der Waals surface area contributed by atoms with Crippen molar-refractivity contribution in [3.8, 4) is 0 Å². The van der Waals surface area contributed by atoms with Crippen molar-refractivity contribution in [3.05, 3.63) is 54.6 Å². The Kier molecular flexibility index (Phi) is 2.69. The molecule has 2 aromatic rings. The molecule has 0 fully saturated rings. The van der Waals surface area contributed by atoms with E-state index in [1.807, 2.05) is 30.3 Å². The van der Waals surface area contributed by atoms with Crippen LogP contribution in [0.1, 0.15) is 10.4 Å². The molecule has 0 spiro atoms. The lowest BCUT2D eigenvalue weighted by molar-refractivity contribution is 0.102. The zero-order valence-corrected chi connectivity index (χ0v) is 7.92. The van der Waals surface area contributed by atoms with Gasteiger partial charge in [0.25, 0.3) is 5.91 Å². The third kappa shape index (κ3) is 2.37. The highest BCUT2D eigenvalue weighted by Gasteiger charge is 2.04. The molecule has 0 bridgehead atoms. The predicted octanol–water partition coefficient (Wildman–Crippen LogP) is 1.73. The van der Waals surface area contributed by atoms with E-state index in [0.717, 1.165) is 5.69 Å². The number of nitrogens with one attached hydrogen (secondary N) is 1. The Morgan fingerprint density at radius 1 is 1.07 bits per heavy atom. The van der Waals surface area contributed by atoms with Gasteiger partial charge in [0.2, 0.25) is 0 Å². The molecule has 15 heavy (non-hydrogen) atoms. The number of anilines is 1. The van der Waals surface area contributed by atoms with Crippen molar-refractivity contribution in [1.82, 2.24) is 9.97 Å². The minimum atomic E-state index is -0.207. The summed E-state index contributed by atoms with van der Waals surface area (Å²) in [6, 6.07) is 9.25. The SMILES string of the molecule is O=C(Nc1ccccc1)c1cncnc1. The first kappa shape index (κ1) is 9.33. The zero-order chi connectivity index (χ0) is 10.5. The number of hydrogen-bond donors (Lipinski definition) is 1. The maximum atomic E-state index is 11.6. The van der Waals surface area contributed by atoms with Gasteiger partial charge in [-0.25, -0.2) is 9.97 Å². The maximum Gasteiger partial charge on any atom is 0.258 e. The average Bonchev–Trinajstić information content (AvgIpc) is 2.31. The largest absolute Gasteiger partial charge is 0.322 e. The smallest absolute Gasteiger partial charge is 0.258 e. The molecule has 1 aromatic heterocycles. The Balaban J connectivity index is 2.12. The van der Waals surface area contributed by atoms with Crippen LogP contribution in [-0.2, 0) is 0 Å². The Morgan fingerprint density at radius 2 is 1.73 bits per heavy atom. The first-order valence-electron chi connectivity index (χ1n) is 4.47. The number of amides is 1. The fourth-order valence-corrected chi connectivity index (χ4v) is 1.14. The summed E-state index contributed by atoms with van der Waals surface area (Å²) in [6.07, 6.45) is 4.34. The first-order chi connectivity index (χ1) is 7.36. The molecule has 1 aromatic carbocycles. The molecule has 4 nitrogen and oxygen atoms in total. The fourth-order valence-electron chi connectivity index (χ4n) is 1.14. The van der Waals surface area contributed by atoms with Crippen LogP contribution >= 0.6 is 0 Å². The summed E-state index contributed by atoms with van der Waals surface area (Å²) in [4.78, 5) is 19.2. The van der Waals surface area contributed by atoms with E-state index in [2.05, 4.69) is 15.3 Å². The second-order valence-electron chi connectivity index (χ2n) is 2.95. The lowest BCUT2D eigenvalue weighted by Crippen LogP contribution is -2.12. The molecule has 0 aliphatic heterocycles. The predicted molar refractivity (Wildman–Crippen MR) is 56.4 cm³/mol. The highest BCUT2D eigenvalue weighted by atomic mass is 16.1. The number of rotatable bonds is 2. The van der Waals surface area contributed by atoms with E-state index >= 15 is 0 Å². The molecule has 74 valence electrons. The molecule has 0 atom stereocenters. The highest BCUT2D eigenvalue weighted by molar-refractivity contribution is 6.03. The normalized spacial score (nSPS) is 9.60. The maximum absolute atomic E-state index is 11.6. The Morgan fingerprint density at radius 3 is 2.40 bits per heavy atom. The van der Waals surface area contributed by atoms with E-state index in [1.54, 1.807) is 0 Å². The van der Waals surface area contributed by atoms with Gasteiger partial charge >= 0.3 is 0 Å². The molecule has 1 amide bonds. The number of carbonyl (C=O) groups is 1. The topological polar surface area (TPSA) is 54.9 Å². The number of para-hydroxylation sites is 1. The second-order valence-corrected chi connectivity index (χ2v) is 2.95. The molecule has 1 N–H and O–H groups in total. The Labute approximate surface area is 87.0 Å². The molecule has 0 saturated heterocycles. The molecule has 0 unspecified atom stereocenters. The Hall–Kier alpha value is -2.23. The van der Waals surface area contributed by atoms with Crippen molar-refractivity contribution in [1.29, 1.82) is 0 Å². The summed E-state index contributed by atoms with van der Waals surface area (Å²) in [5.74, 6) is -0.207. The van der Waals surface area contributed by atoms with Crippen LogP contribution < -0.4 is 5.32 Å².